The Labute approximate surface area is 298 Å². The molecule has 0 amide bonds. The van der Waals surface area contributed by atoms with Gasteiger partial charge in [0.05, 0.1) is 29.8 Å². The summed E-state index contributed by atoms with van der Waals surface area (Å²) in [7, 11) is 1.38. The molecule has 0 bridgehead atoms. The number of amidine groups is 1. The number of hydrogen-bond donors (Lipinski definition) is 4. The van der Waals surface area contributed by atoms with Crippen LogP contribution in [-0.2, 0) is 20.6 Å². The van der Waals surface area contributed by atoms with E-state index in [1.54, 1.807) is 24.3 Å². The van der Waals surface area contributed by atoms with E-state index in [-0.39, 0.29) is 12.6 Å². The highest BCUT2D eigenvalue weighted by atomic mass is 19.1. The van der Waals surface area contributed by atoms with E-state index in [1.807, 2.05) is 0 Å². The highest BCUT2D eigenvalue weighted by Gasteiger charge is 2.65. The lowest BCUT2D eigenvalue weighted by molar-refractivity contribution is -0.134. The average molecular weight is 710 g/mol. The minimum absolute atomic E-state index is 0.184. The van der Waals surface area contributed by atoms with Crippen molar-refractivity contribution in [2.24, 2.45) is 16.5 Å². The number of nitrogens with zero attached hydrogens (tertiary/aromatic N) is 2. The molecule has 0 spiro atoms. The van der Waals surface area contributed by atoms with Crippen molar-refractivity contribution in [3.8, 4) is 6.07 Å². The molecule has 0 saturated carbocycles. The van der Waals surface area contributed by atoms with E-state index < -0.39 is 58.6 Å². The minimum Gasteiger partial charge on any atom is -0.394 e. The third kappa shape index (κ3) is 6.23. The first-order valence-electron chi connectivity index (χ1n) is 16.2. The van der Waals surface area contributed by atoms with Gasteiger partial charge in [-0.25, -0.2) is 22.6 Å². The van der Waals surface area contributed by atoms with Crippen LogP contribution in [0.25, 0.3) is 0 Å². The van der Waals surface area contributed by atoms with E-state index in [9.17, 15) is 27.9 Å². The van der Waals surface area contributed by atoms with Gasteiger partial charge in [0.1, 0.15) is 53.1 Å². The first-order valence-corrected chi connectivity index (χ1v) is 16.2. The molecule has 0 radical (unpaired) electrons. The summed E-state index contributed by atoms with van der Waals surface area (Å²) in [4.78, 5) is 5.23. The molecule has 0 aromatic heterocycles. The number of aliphatic hydroxyl groups excluding tert-OH is 1. The molecule has 0 saturated heterocycles. The Kier molecular flexibility index (Phi) is 10.3. The molecule has 0 aliphatic carbocycles. The van der Waals surface area contributed by atoms with Crippen LogP contribution < -0.4 is 16.8 Å². The molecule has 6 N–H and O–H groups in total. The zero-order chi connectivity index (χ0) is 37.1. The van der Waals surface area contributed by atoms with Gasteiger partial charge >= 0.3 is 0 Å². The van der Waals surface area contributed by atoms with E-state index in [0.29, 0.717) is 33.4 Å². The number of ether oxygens (including phenoxy) is 2. The first kappa shape index (κ1) is 36.4. The van der Waals surface area contributed by atoms with Gasteiger partial charge in [-0.2, -0.15) is 5.26 Å². The summed E-state index contributed by atoms with van der Waals surface area (Å²) in [5.41, 5.74) is 11.3. The molecule has 5 aromatic carbocycles. The highest BCUT2D eigenvalue weighted by molar-refractivity contribution is 6.02. The predicted octanol–water partition coefficient (Wildman–Crippen LogP) is 5.36. The van der Waals surface area contributed by atoms with Crippen LogP contribution in [0.5, 0.6) is 0 Å². The van der Waals surface area contributed by atoms with Crippen molar-refractivity contribution < 1.29 is 32.1 Å². The topological polar surface area (TPSA) is 139 Å². The van der Waals surface area contributed by atoms with Crippen LogP contribution in [0.3, 0.4) is 0 Å². The number of aliphatic hydroxyl groups is 1. The van der Waals surface area contributed by atoms with Crippen LogP contribution in [0.2, 0.25) is 0 Å². The quantitative estimate of drug-likeness (QED) is 0.101. The van der Waals surface area contributed by atoms with Gasteiger partial charge in [-0.15, -0.1) is 0 Å². The van der Waals surface area contributed by atoms with Crippen LogP contribution in [0, 0.1) is 34.6 Å². The largest absolute Gasteiger partial charge is 0.394 e. The van der Waals surface area contributed by atoms with Crippen molar-refractivity contribution >= 4 is 5.84 Å². The van der Waals surface area contributed by atoms with Gasteiger partial charge < -0.3 is 31.4 Å². The van der Waals surface area contributed by atoms with Crippen LogP contribution in [-0.4, -0.2) is 49.1 Å². The zero-order valence-electron chi connectivity index (χ0n) is 27.9. The van der Waals surface area contributed by atoms with Crippen LogP contribution in [0.4, 0.5) is 17.6 Å². The van der Waals surface area contributed by atoms with E-state index >= 15 is 0 Å². The summed E-state index contributed by atoms with van der Waals surface area (Å²) in [6.07, 6.45) is -1.42. The van der Waals surface area contributed by atoms with E-state index in [4.69, 9.17) is 25.9 Å². The van der Waals surface area contributed by atoms with Gasteiger partial charge in [-0.1, -0.05) is 60.7 Å². The molecule has 52 heavy (non-hydrogen) atoms. The standard InChI is InChI=1S/C40H35F4N5O3/c1-51-24-52-36(35(46)39(47,27-5-13-31(41)14-6-27)28-7-15-32(42)16-8-28)38(23-50)40(29-9-17-33(43)18-10-29,30-11-19-34(44)20-12-30)49-37(48-38)26-4-2-3-25(21-26)22-45/h2-21,35-36,50H,23-24,46-47H2,1H3,(H,48,49). The molecule has 8 nitrogen and oxygen atoms in total. The summed E-state index contributed by atoms with van der Waals surface area (Å²) in [5, 5.41) is 25.0. The maximum Gasteiger partial charge on any atom is 0.146 e. The summed E-state index contributed by atoms with van der Waals surface area (Å²) < 4.78 is 69.6. The van der Waals surface area contributed by atoms with Crippen LogP contribution in [0.15, 0.2) is 126 Å². The molecule has 0 fully saturated rings. The second-order valence-electron chi connectivity index (χ2n) is 12.5. The number of aliphatic imine (C=N–C) groups is 1. The molecule has 266 valence electrons. The van der Waals surface area contributed by atoms with E-state index in [2.05, 4.69) is 11.4 Å². The lowest BCUT2D eigenvalue weighted by atomic mass is 9.62. The van der Waals surface area contributed by atoms with Crippen LogP contribution >= 0.6 is 0 Å². The maximum absolute atomic E-state index is 14.6. The van der Waals surface area contributed by atoms with E-state index in [1.165, 1.54) is 104 Å². The van der Waals surface area contributed by atoms with Crippen molar-refractivity contribution in [2.75, 3.05) is 20.5 Å². The number of nitrogens with one attached hydrogen (secondary N) is 1. The lowest BCUT2D eigenvalue weighted by Gasteiger charge is -2.52. The van der Waals surface area contributed by atoms with Crippen molar-refractivity contribution in [1.29, 1.82) is 5.26 Å². The van der Waals surface area contributed by atoms with Gasteiger partial charge in [0.2, 0.25) is 0 Å². The third-order valence-electron chi connectivity index (χ3n) is 9.65. The second kappa shape index (κ2) is 14.7. The summed E-state index contributed by atoms with van der Waals surface area (Å²) >= 11 is 0. The molecule has 12 heteroatoms. The Morgan fingerprint density at radius 3 is 1.73 bits per heavy atom. The Bertz CT molecular complexity index is 2000. The minimum atomic E-state index is -1.87. The number of rotatable bonds is 12. The molecule has 1 aliphatic heterocycles. The van der Waals surface area contributed by atoms with Gasteiger partial charge in [-0.05, 0) is 82.9 Å². The molecule has 3 unspecified atom stereocenters. The average Bonchev–Trinajstić information content (AvgIpc) is 3.52. The van der Waals surface area contributed by atoms with E-state index in [0.717, 1.165) is 0 Å². The third-order valence-corrected chi connectivity index (χ3v) is 9.65. The van der Waals surface area contributed by atoms with Gasteiger partial charge in [-0.3, -0.25) is 0 Å². The Hall–Kier alpha value is -5.42. The summed E-state index contributed by atoms with van der Waals surface area (Å²) in [5.74, 6) is -2.01. The molecule has 1 heterocycles. The highest BCUT2D eigenvalue weighted by Crippen LogP contribution is 2.51. The summed E-state index contributed by atoms with van der Waals surface area (Å²) in [6, 6.07) is 28.7. The van der Waals surface area contributed by atoms with Gasteiger partial charge in [0.15, 0.2) is 0 Å². The molecule has 6 rings (SSSR count). The van der Waals surface area contributed by atoms with Gasteiger partial charge in [0.25, 0.3) is 0 Å². The zero-order valence-corrected chi connectivity index (χ0v) is 27.9. The Morgan fingerprint density at radius 1 is 0.808 bits per heavy atom. The Balaban J connectivity index is 1.69. The van der Waals surface area contributed by atoms with Crippen LogP contribution in [0.1, 0.15) is 33.4 Å². The monoisotopic (exact) mass is 709 g/mol. The molecule has 5 aromatic rings. The normalized spacial score (nSPS) is 17.9. The predicted molar refractivity (Wildman–Crippen MR) is 187 cm³/mol. The number of methoxy groups -OCH3 is 1. The number of hydrogen-bond acceptors (Lipinski definition) is 8. The summed E-state index contributed by atoms with van der Waals surface area (Å²) in [6.45, 7) is -1.16. The number of halogens is 4. The molecular weight excluding hydrogens is 674 g/mol. The molecule has 3 atom stereocenters. The van der Waals surface area contributed by atoms with Crippen molar-refractivity contribution in [1.82, 2.24) is 5.32 Å². The van der Waals surface area contributed by atoms with Crippen molar-refractivity contribution in [3.05, 3.63) is 178 Å². The smallest absolute Gasteiger partial charge is 0.146 e. The van der Waals surface area contributed by atoms with Gasteiger partial charge in [0, 0.05) is 12.7 Å². The number of nitriles is 1. The number of nitrogens with two attached hydrogens (primary N) is 2. The molecular formula is C40H35F4N5O3. The second-order valence-corrected chi connectivity index (χ2v) is 12.5. The molecule has 1 aliphatic rings. The van der Waals surface area contributed by atoms with Crippen molar-refractivity contribution in [2.45, 2.75) is 28.8 Å². The fourth-order valence-corrected chi connectivity index (χ4v) is 7.12. The SMILES string of the molecule is COCOC(C(N)C(N)(c1ccc(F)cc1)c1ccc(F)cc1)C1(CO)NC(c2cccc(C#N)c2)=NC1(c1ccc(F)cc1)c1ccc(F)cc1. The fraction of sp³-hybridized carbons (Fsp3) is 0.200. The Morgan fingerprint density at radius 2 is 1.29 bits per heavy atom. The number of benzene rings is 5. The lowest BCUT2D eigenvalue weighted by Crippen LogP contribution is -2.75. The fourth-order valence-electron chi connectivity index (χ4n) is 7.12. The first-order chi connectivity index (χ1) is 25.0. The van der Waals surface area contributed by atoms with Crippen molar-refractivity contribution in [3.63, 3.8) is 0 Å². The maximum atomic E-state index is 14.6.